The van der Waals surface area contributed by atoms with Gasteiger partial charge in [-0.1, -0.05) is 30.3 Å². The normalized spacial score (nSPS) is 14.0. The quantitative estimate of drug-likeness (QED) is 0.679. The first-order valence-corrected chi connectivity index (χ1v) is 7.09. The molecule has 4 rings (SSSR count). The Morgan fingerprint density at radius 3 is 2.14 bits per heavy atom. The largest absolute Gasteiger partial charge is 0.459 e. The molecule has 0 unspecified atom stereocenters. The van der Waals surface area contributed by atoms with E-state index in [2.05, 4.69) is 0 Å². The fourth-order valence-corrected chi connectivity index (χ4v) is 2.90. The van der Waals surface area contributed by atoms with Crippen LogP contribution in [0.5, 0.6) is 0 Å². The number of fused-ring (bicyclic) bond motifs is 2. The van der Waals surface area contributed by atoms with Gasteiger partial charge in [-0.15, -0.1) is 0 Å². The van der Waals surface area contributed by atoms with Crippen LogP contribution in [0.1, 0.15) is 32.0 Å². The molecule has 2 aromatic carbocycles. The number of hydrogen-bond donors (Lipinski definition) is 0. The van der Waals surface area contributed by atoms with Crippen LogP contribution in [0.15, 0.2) is 52.9 Å². The molecule has 22 heavy (non-hydrogen) atoms. The Bertz CT molecular complexity index is 888. The Hall–Kier alpha value is -2.88. The van der Waals surface area contributed by atoms with Gasteiger partial charge < -0.3 is 4.42 Å². The predicted octanol–water partition coefficient (Wildman–Crippen LogP) is 3.54. The summed E-state index contributed by atoms with van der Waals surface area (Å²) in [5, 5.41) is 1.01. The van der Waals surface area contributed by atoms with Crippen molar-refractivity contribution in [2.45, 2.75) is 13.5 Å². The molecule has 0 atom stereocenters. The molecule has 0 N–H and O–H groups in total. The summed E-state index contributed by atoms with van der Waals surface area (Å²) in [7, 11) is 0. The van der Waals surface area contributed by atoms with E-state index < -0.39 is 0 Å². The molecule has 0 bridgehead atoms. The van der Waals surface area contributed by atoms with Crippen molar-refractivity contribution in [3.8, 4) is 0 Å². The highest BCUT2D eigenvalue weighted by Crippen LogP contribution is 2.29. The van der Waals surface area contributed by atoms with Crippen molar-refractivity contribution in [3.63, 3.8) is 0 Å². The monoisotopic (exact) mass is 291 g/mol. The average Bonchev–Trinajstić information content (AvgIpc) is 2.99. The van der Waals surface area contributed by atoms with Crippen molar-refractivity contribution >= 4 is 22.8 Å². The minimum absolute atomic E-state index is 0.160. The molecule has 3 aromatic rings. The van der Waals surface area contributed by atoms with Crippen LogP contribution in [-0.2, 0) is 6.54 Å². The van der Waals surface area contributed by atoms with Gasteiger partial charge in [0.15, 0.2) is 0 Å². The summed E-state index contributed by atoms with van der Waals surface area (Å²) in [5.74, 6) is 0.122. The summed E-state index contributed by atoms with van der Waals surface area (Å²) in [4.78, 5) is 26.0. The Labute approximate surface area is 127 Å². The Morgan fingerprint density at radius 2 is 1.50 bits per heavy atom. The average molecular weight is 291 g/mol. The number of carbonyl (C=O) groups is 2. The van der Waals surface area contributed by atoms with E-state index in [0.717, 1.165) is 16.5 Å². The SMILES string of the molecule is Cc1c(CN2C(=O)c3ccccc3C2=O)oc2ccccc12. The van der Waals surface area contributed by atoms with Crippen molar-refractivity contribution in [3.05, 3.63) is 71.0 Å². The van der Waals surface area contributed by atoms with Gasteiger partial charge in [-0.2, -0.15) is 0 Å². The number of imide groups is 1. The van der Waals surface area contributed by atoms with Crippen LogP contribution in [0.3, 0.4) is 0 Å². The molecule has 0 saturated carbocycles. The highest BCUT2D eigenvalue weighted by molar-refractivity contribution is 6.21. The molecule has 2 heterocycles. The van der Waals surface area contributed by atoms with Crippen LogP contribution in [-0.4, -0.2) is 16.7 Å². The van der Waals surface area contributed by atoms with Crippen molar-refractivity contribution in [2.24, 2.45) is 0 Å². The lowest BCUT2D eigenvalue weighted by atomic mass is 10.1. The van der Waals surface area contributed by atoms with Crippen LogP contribution in [0.4, 0.5) is 0 Å². The minimum atomic E-state index is -0.263. The Balaban J connectivity index is 1.74. The molecule has 108 valence electrons. The van der Waals surface area contributed by atoms with E-state index in [0.29, 0.717) is 16.9 Å². The highest BCUT2D eigenvalue weighted by atomic mass is 16.3. The predicted molar refractivity (Wildman–Crippen MR) is 81.6 cm³/mol. The summed E-state index contributed by atoms with van der Waals surface area (Å²) in [6, 6.07) is 14.6. The third-order valence-corrected chi connectivity index (χ3v) is 4.12. The molecule has 1 aliphatic heterocycles. The van der Waals surface area contributed by atoms with Crippen LogP contribution < -0.4 is 0 Å². The molecule has 1 aliphatic rings. The number of rotatable bonds is 2. The molecular weight excluding hydrogens is 278 g/mol. The molecule has 0 radical (unpaired) electrons. The second kappa shape index (κ2) is 4.56. The summed E-state index contributed by atoms with van der Waals surface area (Å²) < 4.78 is 5.81. The van der Waals surface area contributed by atoms with Crippen LogP contribution in [0, 0.1) is 6.92 Å². The van der Waals surface area contributed by atoms with E-state index in [4.69, 9.17) is 4.42 Å². The molecule has 4 heteroatoms. The smallest absolute Gasteiger partial charge is 0.261 e. The minimum Gasteiger partial charge on any atom is -0.459 e. The van der Waals surface area contributed by atoms with Gasteiger partial charge in [-0.25, -0.2) is 0 Å². The maximum Gasteiger partial charge on any atom is 0.261 e. The van der Waals surface area contributed by atoms with Gasteiger partial charge in [-0.3, -0.25) is 14.5 Å². The van der Waals surface area contributed by atoms with Gasteiger partial charge in [0.25, 0.3) is 11.8 Å². The van der Waals surface area contributed by atoms with Crippen molar-refractivity contribution in [2.75, 3.05) is 0 Å². The third-order valence-electron chi connectivity index (χ3n) is 4.12. The van der Waals surface area contributed by atoms with Crippen LogP contribution in [0.2, 0.25) is 0 Å². The second-order valence-corrected chi connectivity index (χ2v) is 5.39. The highest BCUT2D eigenvalue weighted by Gasteiger charge is 2.36. The van der Waals surface area contributed by atoms with Gasteiger partial charge in [0.05, 0.1) is 17.7 Å². The van der Waals surface area contributed by atoms with Gasteiger partial charge >= 0.3 is 0 Å². The first-order valence-electron chi connectivity index (χ1n) is 7.09. The molecule has 0 fully saturated rings. The van der Waals surface area contributed by atoms with Crippen LogP contribution in [0.25, 0.3) is 11.0 Å². The molecule has 0 spiro atoms. The number of aryl methyl sites for hydroxylation is 1. The lowest BCUT2D eigenvalue weighted by Crippen LogP contribution is -2.29. The van der Waals surface area contributed by atoms with E-state index >= 15 is 0 Å². The first kappa shape index (κ1) is 12.8. The van der Waals surface area contributed by atoms with Crippen molar-refractivity contribution in [1.29, 1.82) is 0 Å². The van der Waals surface area contributed by atoms with Crippen molar-refractivity contribution in [1.82, 2.24) is 4.90 Å². The van der Waals surface area contributed by atoms with E-state index in [-0.39, 0.29) is 18.4 Å². The summed E-state index contributed by atoms with van der Waals surface area (Å²) in [5.41, 5.74) is 2.65. The molecule has 4 nitrogen and oxygen atoms in total. The lowest BCUT2D eigenvalue weighted by Gasteiger charge is -2.12. The summed E-state index contributed by atoms with van der Waals surface area (Å²) in [6.45, 7) is 2.10. The number of amides is 2. The summed E-state index contributed by atoms with van der Waals surface area (Å²) >= 11 is 0. The topological polar surface area (TPSA) is 50.5 Å². The number of hydrogen-bond acceptors (Lipinski definition) is 3. The van der Waals surface area contributed by atoms with Crippen molar-refractivity contribution < 1.29 is 14.0 Å². The third kappa shape index (κ3) is 1.70. The number of carbonyl (C=O) groups excluding carboxylic acids is 2. The van der Waals surface area contributed by atoms with E-state index in [1.165, 1.54) is 4.90 Å². The number of para-hydroxylation sites is 1. The van der Waals surface area contributed by atoms with Gasteiger partial charge in [0.2, 0.25) is 0 Å². The maximum absolute atomic E-state index is 12.4. The van der Waals surface area contributed by atoms with Gasteiger partial charge in [-0.05, 0) is 25.1 Å². The molecule has 0 aliphatic carbocycles. The fourth-order valence-electron chi connectivity index (χ4n) is 2.90. The fraction of sp³-hybridized carbons (Fsp3) is 0.111. The van der Waals surface area contributed by atoms with E-state index in [1.54, 1.807) is 24.3 Å². The maximum atomic E-state index is 12.4. The first-order chi connectivity index (χ1) is 10.7. The van der Waals surface area contributed by atoms with E-state index in [1.807, 2.05) is 31.2 Å². The Kier molecular flexibility index (Phi) is 2.66. The van der Waals surface area contributed by atoms with Gasteiger partial charge in [0.1, 0.15) is 11.3 Å². The second-order valence-electron chi connectivity index (χ2n) is 5.39. The lowest BCUT2D eigenvalue weighted by molar-refractivity contribution is 0.0632. The molecular formula is C18H13NO3. The number of furan rings is 1. The molecule has 1 aromatic heterocycles. The zero-order valence-corrected chi connectivity index (χ0v) is 12.0. The Morgan fingerprint density at radius 1 is 0.909 bits per heavy atom. The molecule has 0 saturated heterocycles. The van der Waals surface area contributed by atoms with Gasteiger partial charge in [0, 0.05) is 10.9 Å². The summed E-state index contributed by atoms with van der Waals surface area (Å²) in [6.07, 6.45) is 0. The van der Waals surface area contributed by atoms with E-state index in [9.17, 15) is 9.59 Å². The van der Waals surface area contributed by atoms with Crippen LogP contribution >= 0.6 is 0 Å². The number of nitrogens with zero attached hydrogens (tertiary/aromatic N) is 1. The standard InChI is InChI=1S/C18H13NO3/c1-11-12-6-4-5-9-15(12)22-16(11)10-19-17(20)13-7-2-3-8-14(13)18(19)21/h2-9H,10H2,1H3. The molecule has 2 amide bonds. The zero-order valence-electron chi connectivity index (χ0n) is 12.0. The number of benzene rings is 2. The zero-order chi connectivity index (χ0) is 15.3.